The Hall–Kier alpha value is -0.870. The van der Waals surface area contributed by atoms with E-state index in [-0.39, 0.29) is 12.5 Å². The number of hydrogen-bond acceptors (Lipinski definition) is 3. The van der Waals surface area contributed by atoms with E-state index in [4.69, 9.17) is 0 Å². The third kappa shape index (κ3) is 17.0. The summed E-state index contributed by atoms with van der Waals surface area (Å²) in [6, 6.07) is -0.609. The molecule has 0 aromatic carbocycles. The monoisotopic (exact) mass is 383 g/mol. The van der Waals surface area contributed by atoms with E-state index in [9.17, 15) is 15.0 Å². The molecule has 0 aliphatic carbocycles. The van der Waals surface area contributed by atoms with Crippen molar-refractivity contribution in [3.8, 4) is 0 Å². The largest absolute Gasteiger partial charge is 0.394 e. The first-order valence-corrected chi connectivity index (χ1v) is 11.4. The Morgan fingerprint density at radius 1 is 0.852 bits per heavy atom. The molecule has 2 atom stereocenters. The molecule has 0 saturated carbocycles. The number of carbonyl (C=O) groups is 1. The molecule has 0 heterocycles. The zero-order valence-electron chi connectivity index (χ0n) is 17.9. The Kier molecular flexibility index (Phi) is 19.2. The van der Waals surface area contributed by atoms with Gasteiger partial charge in [0.25, 0.3) is 0 Å². The van der Waals surface area contributed by atoms with Crippen molar-refractivity contribution in [3.05, 3.63) is 12.2 Å². The summed E-state index contributed by atoms with van der Waals surface area (Å²) in [5, 5.41) is 22.1. The molecule has 27 heavy (non-hydrogen) atoms. The van der Waals surface area contributed by atoms with Gasteiger partial charge in [0.2, 0.25) is 5.91 Å². The maximum Gasteiger partial charge on any atom is 0.220 e. The van der Waals surface area contributed by atoms with Gasteiger partial charge in [-0.2, -0.15) is 0 Å². The van der Waals surface area contributed by atoms with E-state index in [2.05, 4.69) is 12.2 Å². The maximum atomic E-state index is 11.6. The van der Waals surface area contributed by atoms with Crippen LogP contribution in [-0.4, -0.2) is 34.9 Å². The second-order valence-corrected chi connectivity index (χ2v) is 7.70. The molecule has 0 aromatic rings. The van der Waals surface area contributed by atoms with E-state index in [0.717, 1.165) is 19.3 Å². The zero-order chi connectivity index (χ0) is 20.2. The van der Waals surface area contributed by atoms with Crippen LogP contribution in [0.25, 0.3) is 0 Å². The molecule has 2 unspecified atom stereocenters. The Labute approximate surface area is 167 Å². The summed E-state index contributed by atoms with van der Waals surface area (Å²) in [7, 11) is 0. The number of hydrogen-bond donors (Lipinski definition) is 3. The molecule has 160 valence electrons. The summed E-state index contributed by atoms with van der Waals surface area (Å²) in [6.07, 6.45) is 21.0. The lowest BCUT2D eigenvalue weighted by atomic mass is 10.0. The van der Waals surface area contributed by atoms with E-state index in [1.165, 1.54) is 70.6 Å². The van der Waals surface area contributed by atoms with Gasteiger partial charge in [0.05, 0.1) is 18.8 Å². The fourth-order valence-corrected chi connectivity index (χ4v) is 3.22. The van der Waals surface area contributed by atoms with Gasteiger partial charge in [-0.1, -0.05) is 96.6 Å². The van der Waals surface area contributed by atoms with Gasteiger partial charge in [0.1, 0.15) is 0 Å². The van der Waals surface area contributed by atoms with Gasteiger partial charge in [0.15, 0.2) is 0 Å². The van der Waals surface area contributed by atoms with Crippen LogP contribution >= 0.6 is 0 Å². The third-order valence-corrected chi connectivity index (χ3v) is 4.99. The van der Waals surface area contributed by atoms with Crippen molar-refractivity contribution < 1.29 is 15.0 Å². The van der Waals surface area contributed by atoms with Gasteiger partial charge in [-0.3, -0.25) is 4.79 Å². The van der Waals surface area contributed by atoms with Gasteiger partial charge in [-0.05, 0) is 19.3 Å². The molecule has 1 amide bonds. The first-order valence-electron chi connectivity index (χ1n) is 11.4. The topological polar surface area (TPSA) is 69.6 Å². The van der Waals surface area contributed by atoms with Crippen molar-refractivity contribution >= 4 is 5.91 Å². The van der Waals surface area contributed by atoms with Gasteiger partial charge < -0.3 is 15.5 Å². The van der Waals surface area contributed by atoms with E-state index in [0.29, 0.717) is 6.42 Å². The minimum Gasteiger partial charge on any atom is -0.394 e. The van der Waals surface area contributed by atoms with E-state index < -0.39 is 12.1 Å². The highest BCUT2D eigenvalue weighted by molar-refractivity contribution is 5.76. The smallest absolute Gasteiger partial charge is 0.220 e. The summed E-state index contributed by atoms with van der Waals surface area (Å²) in [5.41, 5.74) is 0. The number of carbonyl (C=O) groups excluding carboxylic acids is 1. The van der Waals surface area contributed by atoms with Crippen LogP contribution in [0.1, 0.15) is 110 Å². The zero-order valence-corrected chi connectivity index (χ0v) is 17.9. The van der Waals surface area contributed by atoms with Crippen molar-refractivity contribution in [3.63, 3.8) is 0 Å². The molecule has 0 spiro atoms. The average molecular weight is 384 g/mol. The molecule has 0 aliphatic heterocycles. The molecule has 0 aromatic heterocycles. The average Bonchev–Trinajstić information content (AvgIpc) is 2.66. The SMILES string of the molecule is CCCCCCCCCCCCCC/C=C/C(O)C(CO)NC(=O)CCC. The van der Waals surface area contributed by atoms with Crippen molar-refractivity contribution in [1.29, 1.82) is 0 Å². The van der Waals surface area contributed by atoms with Gasteiger partial charge >= 0.3 is 0 Å². The Morgan fingerprint density at radius 2 is 1.37 bits per heavy atom. The number of aliphatic hydroxyl groups is 2. The van der Waals surface area contributed by atoms with E-state index in [1.807, 2.05) is 13.0 Å². The lowest BCUT2D eigenvalue weighted by Gasteiger charge is -2.19. The summed E-state index contributed by atoms with van der Waals surface area (Å²) in [5.74, 6) is -0.120. The highest BCUT2D eigenvalue weighted by atomic mass is 16.3. The lowest BCUT2D eigenvalue weighted by Crippen LogP contribution is -2.45. The number of amides is 1. The number of allylic oxidation sites excluding steroid dienone is 1. The van der Waals surface area contributed by atoms with Crippen molar-refractivity contribution in [2.24, 2.45) is 0 Å². The molecule has 0 rings (SSSR count). The van der Waals surface area contributed by atoms with E-state index in [1.54, 1.807) is 6.08 Å². The summed E-state index contributed by atoms with van der Waals surface area (Å²) >= 11 is 0. The van der Waals surface area contributed by atoms with Gasteiger partial charge in [-0.15, -0.1) is 0 Å². The van der Waals surface area contributed by atoms with Crippen LogP contribution < -0.4 is 5.32 Å². The molecule has 0 fully saturated rings. The standard InChI is InChI=1S/C23H45NO3/c1-3-5-6-7-8-9-10-11-12-13-14-15-16-17-19-22(26)21(20-25)24-23(27)18-4-2/h17,19,21-22,25-26H,3-16,18,20H2,1-2H3,(H,24,27)/b19-17+. The molecule has 0 radical (unpaired) electrons. The van der Waals surface area contributed by atoms with Crippen molar-refractivity contribution in [2.45, 2.75) is 122 Å². The Balaban J connectivity index is 3.55. The molecule has 4 heteroatoms. The van der Waals surface area contributed by atoms with Crippen molar-refractivity contribution in [1.82, 2.24) is 5.32 Å². The van der Waals surface area contributed by atoms with Crippen molar-refractivity contribution in [2.75, 3.05) is 6.61 Å². The highest BCUT2D eigenvalue weighted by Crippen LogP contribution is 2.12. The predicted molar refractivity (Wildman–Crippen MR) is 115 cm³/mol. The quantitative estimate of drug-likeness (QED) is 0.210. The van der Waals surface area contributed by atoms with E-state index >= 15 is 0 Å². The second-order valence-electron chi connectivity index (χ2n) is 7.70. The molecule has 3 N–H and O–H groups in total. The fraction of sp³-hybridized carbons (Fsp3) is 0.870. The first-order chi connectivity index (χ1) is 13.2. The molecule has 0 bridgehead atoms. The van der Waals surface area contributed by atoms with Crippen LogP contribution in [0.2, 0.25) is 0 Å². The molecular formula is C23H45NO3. The Morgan fingerprint density at radius 3 is 1.85 bits per heavy atom. The number of rotatable bonds is 19. The Bertz CT molecular complexity index is 358. The molecule has 4 nitrogen and oxygen atoms in total. The number of nitrogens with one attached hydrogen (secondary N) is 1. The van der Waals surface area contributed by atoms with Gasteiger partial charge in [-0.25, -0.2) is 0 Å². The number of unbranched alkanes of at least 4 members (excludes halogenated alkanes) is 12. The summed E-state index contributed by atoms with van der Waals surface area (Å²) < 4.78 is 0. The van der Waals surface area contributed by atoms with Gasteiger partial charge in [0, 0.05) is 6.42 Å². The van der Waals surface area contributed by atoms with Crippen LogP contribution in [-0.2, 0) is 4.79 Å². The normalized spacial score (nSPS) is 13.8. The fourth-order valence-electron chi connectivity index (χ4n) is 3.22. The van der Waals surface area contributed by atoms with Crippen LogP contribution in [0.5, 0.6) is 0 Å². The van der Waals surface area contributed by atoms with Crippen LogP contribution in [0.15, 0.2) is 12.2 Å². The minimum atomic E-state index is -0.826. The highest BCUT2D eigenvalue weighted by Gasteiger charge is 2.17. The summed E-state index contributed by atoms with van der Waals surface area (Å²) in [4.78, 5) is 11.6. The minimum absolute atomic E-state index is 0.120. The molecule has 0 saturated heterocycles. The number of aliphatic hydroxyl groups excluding tert-OH is 2. The molecule has 0 aliphatic rings. The second kappa shape index (κ2) is 19.9. The maximum absolute atomic E-state index is 11.6. The predicted octanol–water partition coefficient (Wildman–Crippen LogP) is 5.27. The van der Waals surface area contributed by atoms with Crippen LogP contribution in [0.3, 0.4) is 0 Å². The molecular weight excluding hydrogens is 338 g/mol. The summed E-state index contributed by atoms with van der Waals surface area (Å²) in [6.45, 7) is 3.94. The van der Waals surface area contributed by atoms with Crippen LogP contribution in [0.4, 0.5) is 0 Å². The third-order valence-electron chi connectivity index (χ3n) is 4.99. The van der Waals surface area contributed by atoms with Crippen LogP contribution in [0, 0.1) is 0 Å². The lowest BCUT2D eigenvalue weighted by molar-refractivity contribution is -0.122. The first kappa shape index (κ1) is 26.1.